The number of cyclic esters (lactones) is 2. The first kappa shape index (κ1) is 18.1. The molecule has 1 heterocycles. The Morgan fingerprint density at radius 1 is 1.30 bits per heavy atom. The number of rotatable bonds is 3. The average Bonchev–Trinajstić information content (AvgIpc) is 2.84. The van der Waals surface area contributed by atoms with Crippen molar-refractivity contribution >= 4 is 29.6 Å². The molecule has 0 bridgehead atoms. The summed E-state index contributed by atoms with van der Waals surface area (Å²) in [6, 6.07) is 5.59. The van der Waals surface area contributed by atoms with E-state index in [2.05, 4.69) is 11.3 Å². The lowest BCUT2D eigenvalue weighted by Crippen LogP contribution is -2.03. The summed E-state index contributed by atoms with van der Waals surface area (Å²) in [5, 5.41) is 8.11. The number of hydrogen-bond donors (Lipinski definition) is 1. The van der Waals surface area contributed by atoms with Crippen LogP contribution in [-0.4, -0.2) is 23.0 Å². The Bertz CT molecular complexity index is 723. The Kier molecular flexibility index (Phi) is 6.21. The Hall–Kier alpha value is -2.95. The molecule has 1 aromatic rings. The molecular formula is C18H18O5. The van der Waals surface area contributed by atoms with Crippen molar-refractivity contribution < 1.29 is 24.2 Å². The summed E-state index contributed by atoms with van der Waals surface area (Å²) >= 11 is 0. The van der Waals surface area contributed by atoms with Crippen molar-refractivity contribution in [1.82, 2.24) is 0 Å². The van der Waals surface area contributed by atoms with Crippen molar-refractivity contribution in [3.8, 4) is 0 Å². The van der Waals surface area contributed by atoms with Crippen molar-refractivity contribution in [2.45, 2.75) is 20.8 Å². The smallest absolute Gasteiger partial charge is 0.346 e. The monoisotopic (exact) mass is 314 g/mol. The Labute approximate surface area is 134 Å². The van der Waals surface area contributed by atoms with E-state index in [1.54, 1.807) is 26.0 Å². The minimum Gasteiger partial charge on any atom is -0.478 e. The van der Waals surface area contributed by atoms with Crippen molar-refractivity contribution in [3.63, 3.8) is 0 Å². The summed E-state index contributed by atoms with van der Waals surface area (Å²) in [7, 11) is 0. The molecule has 5 heteroatoms. The van der Waals surface area contributed by atoms with E-state index in [-0.39, 0.29) is 0 Å². The van der Waals surface area contributed by atoms with E-state index in [4.69, 9.17) is 5.11 Å². The van der Waals surface area contributed by atoms with Gasteiger partial charge in [0.15, 0.2) is 0 Å². The SMILES string of the molecule is C=Cc1cccc(C)c1C1=CC(=O)OC1=O.CC=C(C)C(=O)O. The van der Waals surface area contributed by atoms with Crippen LogP contribution in [0.3, 0.4) is 0 Å². The van der Waals surface area contributed by atoms with Gasteiger partial charge in [-0.15, -0.1) is 0 Å². The number of esters is 2. The summed E-state index contributed by atoms with van der Waals surface area (Å²) < 4.78 is 4.48. The molecule has 0 amide bonds. The summed E-state index contributed by atoms with van der Waals surface area (Å²) in [5.74, 6) is -2.05. The normalized spacial score (nSPS) is 13.7. The molecule has 0 atom stereocenters. The molecule has 0 aliphatic carbocycles. The van der Waals surface area contributed by atoms with Crippen molar-refractivity contribution in [1.29, 1.82) is 0 Å². The zero-order chi connectivity index (χ0) is 17.6. The summed E-state index contributed by atoms with van der Waals surface area (Å²) in [5.41, 5.74) is 3.14. The van der Waals surface area contributed by atoms with Crippen LogP contribution in [0.1, 0.15) is 30.5 Å². The van der Waals surface area contributed by atoms with Crippen LogP contribution < -0.4 is 0 Å². The maximum atomic E-state index is 11.5. The third-order valence-corrected chi connectivity index (χ3v) is 3.24. The van der Waals surface area contributed by atoms with Gasteiger partial charge >= 0.3 is 17.9 Å². The molecule has 1 aliphatic rings. The van der Waals surface area contributed by atoms with E-state index in [9.17, 15) is 14.4 Å². The minimum atomic E-state index is -0.845. The highest BCUT2D eigenvalue weighted by Crippen LogP contribution is 2.28. The zero-order valence-corrected chi connectivity index (χ0v) is 13.3. The molecule has 0 saturated heterocycles. The van der Waals surface area contributed by atoms with Crippen LogP contribution in [0.15, 0.2) is 42.5 Å². The van der Waals surface area contributed by atoms with E-state index in [1.165, 1.54) is 6.08 Å². The molecule has 5 nitrogen and oxygen atoms in total. The quantitative estimate of drug-likeness (QED) is 0.526. The largest absolute Gasteiger partial charge is 0.478 e. The molecule has 0 unspecified atom stereocenters. The van der Waals surface area contributed by atoms with Crippen LogP contribution in [0.25, 0.3) is 11.6 Å². The van der Waals surface area contributed by atoms with E-state index in [0.29, 0.717) is 16.7 Å². The van der Waals surface area contributed by atoms with Gasteiger partial charge in [0.25, 0.3) is 0 Å². The first-order valence-electron chi connectivity index (χ1n) is 6.88. The number of allylic oxidation sites excluding steroid dienone is 1. The lowest BCUT2D eigenvalue weighted by Gasteiger charge is -2.08. The molecular weight excluding hydrogens is 296 g/mol. The van der Waals surface area contributed by atoms with Gasteiger partial charge in [0, 0.05) is 11.6 Å². The Balaban J connectivity index is 0.000000322. The number of carboxylic acid groups (broad SMARTS) is 1. The van der Waals surface area contributed by atoms with E-state index < -0.39 is 17.9 Å². The second-order valence-corrected chi connectivity index (χ2v) is 4.79. The van der Waals surface area contributed by atoms with E-state index in [1.807, 2.05) is 25.1 Å². The number of aliphatic carboxylic acids is 1. The number of aryl methyl sites for hydroxylation is 1. The molecule has 0 saturated carbocycles. The molecule has 0 aromatic heterocycles. The maximum absolute atomic E-state index is 11.5. The van der Waals surface area contributed by atoms with Crippen LogP contribution in [0.4, 0.5) is 0 Å². The van der Waals surface area contributed by atoms with Gasteiger partial charge in [0.1, 0.15) is 0 Å². The molecule has 0 fully saturated rings. The molecule has 0 radical (unpaired) electrons. The highest BCUT2D eigenvalue weighted by molar-refractivity contribution is 6.29. The molecule has 1 aliphatic heterocycles. The fourth-order valence-electron chi connectivity index (χ4n) is 1.88. The number of ether oxygens (including phenoxy) is 1. The van der Waals surface area contributed by atoms with Gasteiger partial charge in [-0.05, 0) is 37.5 Å². The number of carboxylic acids is 1. The lowest BCUT2D eigenvalue weighted by molar-refractivity contribution is -0.149. The average molecular weight is 314 g/mol. The predicted molar refractivity (Wildman–Crippen MR) is 87.4 cm³/mol. The molecule has 1 aromatic carbocycles. The van der Waals surface area contributed by atoms with E-state index in [0.717, 1.165) is 11.1 Å². The third-order valence-electron chi connectivity index (χ3n) is 3.24. The summed E-state index contributed by atoms with van der Waals surface area (Å²) in [6.07, 6.45) is 4.43. The van der Waals surface area contributed by atoms with Crippen LogP contribution >= 0.6 is 0 Å². The minimum absolute atomic E-state index is 0.304. The van der Waals surface area contributed by atoms with Gasteiger partial charge in [0.2, 0.25) is 0 Å². The summed E-state index contributed by atoms with van der Waals surface area (Å²) in [4.78, 5) is 32.3. The predicted octanol–water partition coefficient (Wildman–Crippen LogP) is 3.14. The van der Waals surface area contributed by atoms with Gasteiger partial charge < -0.3 is 9.84 Å². The highest BCUT2D eigenvalue weighted by atomic mass is 16.6. The number of carbonyl (C=O) groups excluding carboxylic acids is 2. The fourth-order valence-corrected chi connectivity index (χ4v) is 1.88. The fraction of sp³-hybridized carbons (Fsp3) is 0.167. The topological polar surface area (TPSA) is 80.7 Å². The van der Waals surface area contributed by atoms with Crippen LogP contribution in [0, 0.1) is 6.92 Å². The van der Waals surface area contributed by atoms with Gasteiger partial charge in [0.05, 0.1) is 5.57 Å². The van der Waals surface area contributed by atoms with Crippen LogP contribution in [0.2, 0.25) is 0 Å². The van der Waals surface area contributed by atoms with Crippen molar-refractivity contribution in [2.24, 2.45) is 0 Å². The van der Waals surface area contributed by atoms with Gasteiger partial charge in [-0.25, -0.2) is 14.4 Å². The molecule has 1 N–H and O–H groups in total. The number of benzene rings is 1. The standard InChI is InChI=1S/C13H10O3.C5H8O2/c1-3-9-6-4-5-8(2)12(9)10-7-11(14)16-13(10)15;1-3-4(2)5(6)7/h3-7H,1H2,2H3;3H,1-2H3,(H,6,7). The van der Waals surface area contributed by atoms with E-state index >= 15 is 0 Å². The second-order valence-electron chi connectivity index (χ2n) is 4.79. The van der Waals surface area contributed by atoms with Gasteiger partial charge in [-0.3, -0.25) is 0 Å². The van der Waals surface area contributed by atoms with Gasteiger partial charge in [-0.2, -0.15) is 0 Å². The second kappa shape index (κ2) is 7.89. The Morgan fingerprint density at radius 3 is 2.35 bits per heavy atom. The van der Waals surface area contributed by atoms with Crippen molar-refractivity contribution in [3.05, 3.63) is 59.2 Å². The Morgan fingerprint density at radius 2 is 1.96 bits per heavy atom. The third kappa shape index (κ3) is 4.51. The zero-order valence-electron chi connectivity index (χ0n) is 13.3. The molecule has 2 rings (SSSR count). The number of carbonyl (C=O) groups is 3. The van der Waals surface area contributed by atoms with Crippen LogP contribution in [-0.2, 0) is 19.1 Å². The first-order chi connectivity index (χ1) is 10.8. The van der Waals surface area contributed by atoms with Gasteiger partial charge in [-0.1, -0.05) is 36.9 Å². The molecule has 120 valence electrons. The summed E-state index contributed by atoms with van der Waals surface area (Å²) in [6.45, 7) is 8.81. The lowest BCUT2D eigenvalue weighted by atomic mass is 9.95. The highest BCUT2D eigenvalue weighted by Gasteiger charge is 2.27. The number of hydrogen-bond acceptors (Lipinski definition) is 4. The molecule has 0 spiro atoms. The maximum Gasteiger partial charge on any atom is 0.346 e. The first-order valence-corrected chi connectivity index (χ1v) is 6.88. The van der Waals surface area contributed by atoms with Crippen LogP contribution in [0.5, 0.6) is 0 Å². The van der Waals surface area contributed by atoms with Crippen molar-refractivity contribution in [2.75, 3.05) is 0 Å². The molecule has 23 heavy (non-hydrogen) atoms.